The van der Waals surface area contributed by atoms with Gasteiger partial charge in [-0.2, -0.15) is 5.10 Å². The maximum Gasteiger partial charge on any atom is 0.0767 e. The van der Waals surface area contributed by atoms with Gasteiger partial charge in [-0.15, -0.1) is 0 Å². The minimum Gasteiger partial charge on any atom is -0.399 e. The second kappa shape index (κ2) is 6.41. The lowest BCUT2D eigenvalue weighted by Gasteiger charge is -2.17. The van der Waals surface area contributed by atoms with E-state index in [1.165, 1.54) is 11.3 Å². The molecule has 4 nitrogen and oxygen atoms in total. The van der Waals surface area contributed by atoms with Gasteiger partial charge in [-0.05, 0) is 47.1 Å². The van der Waals surface area contributed by atoms with Crippen molar-refractivity contribution in [1.29, 1.82) is 0 Å². The van der Waals surface area contributed by atoms with Gasteiger partial charge in [0.1, 0.15) is 0 Å². The smallest absolute Gasteiger partial charge is 0.0767 e. The molecule has 1 aromatic heterocycles. The minimum atomic E-state index is 0.811. The number of anilines is 1. The van der Waals surface area contributed by atoms with Crippen LogP contribution in [0.3, 0.4) is 0 Å². The van der Waals surface area contributed by atoms with Gasteiger partial charge in [-0.1, -0.05) is 19.1 Å². The summed E-state index contributed by atoms with van der Waals surface area (Å²) < 4.78 is 3.08. The van der Waals surface area contributed by atoms with E-state index in [1.807, 2.05) is 29.9 Å². The lowest BCUT2D eigenvalue weighted by Crippen LogP contribution is -2.19. The SMILES string of the molecule is CCc1nn(C)c(CN(C)Cc2cccc(N)c2)c1Br. The largest absolute Gasteiger partial charge is 0.399 e. The number of nitrogens with two attached hydrogens (primary N) is 1. The van der Waals surface area contributed by atoms with Crippen LogP contribution in [0.2, 0.25) is 0 Å². The molecule has 0 radical (unpaired) electrons. The maximum atomic E-state index is 5.82. The number of benzene rings is 1. The summed E-state index contributed by atoms with van der Waals surface area (Å²) in [4.78, 5) is 2.26. The van der Waals surface area contributed by atoms with Crippen LogP contribution in [-0.4, -0.2) is 21.7 Å². The Labute approximate surface area is 128 Å². The number of nitrogen functional groups attached to an aromatic ring is 1. The lowest BCUT2D eigenvalue weighted by molar-refractivity contribution is 0.309. The summed E-state index contributed by atoms with van der Waals surface area (Å²) in [6.07, 6.45) is 0.938. The quantitative estimate of drug-likeness (QED) is 0.854. The maximum absolute atomic E-state index is 5.82. The van der Waals surface area contributed by atoms with Gasteiger partial charge in [-0.3, -0.25) is 9.58 Å². The van der Waals surface area contributed by atoms with Gasteiger partial charge in [0.25, 0.3) is 0 Å². The standard InChI is InChI=1S/C15H21BrN4/c1-4-13-15(16)14(20(3)18-13)10-19(2)9-11-6-5-7-12(17)8-11/h5-8H,4,9-10,17H2,1-3H3. The van der Waals surface area contributed by atoms with E-state index in [0.717, 1.165) is 35.4 Å². The summed E-state index contributed by atoms with van der Waals surface area (Å²) in [6, 6.07) is 8.03. The van der Waals surface area contributed by atoms with Crippen molar-refractivity contribution < 1.29 is 0 Å². The summed E-state index contributed by atoms with van der Waals surface area (Å²) in [7, 11) is 4.10. The van der Waals surface area contributed by atoms with Crippen molar-refractivity contribution >= 4 is 21.6 Å². The summed E-state index contributed by atoms with van der Waals surface area (Å²) in [5.41, 5.74) is 10.2. The molecule has 2 N–H and O–H groups in total. The van der Waals surface area contributed by atoms with Crippen LogP contribution in [0.4, 0.5) is 5.69 Å². The van der Waals surface area contributed by atoms with E-state index in [0.29, 0.717) is 0 Å². The third-order valence-electron chi connectivity index (χ3n) is 3.33. The molecule has 0 atom stereocenters. The molecule has 20 heavy (non-hydrogen) atoms. The Hall–Kier alpha value is -1.33. The molecular weight excluding hydrogens is 316 g/mol. The second-order valence-electron chi connectivity index (χ2n) is 5.10. The van der Waals surface area contributed by atoms with Crippen molar-refractivity contribution in [3.8, 4) is 0 Å². The zero-order chi connectivity index (χ0) is 14.7. The Morgan fingerprint density at radius 2 is 2.10 bits per heavy atom. The summed E-state index contributed by atoms with van der Waals surface area (Å²) in [5.74, 6) is 0. The molecule has 0 aliphatic carbocycles. The van der Waals surface area contributed by atoms with E-state index in [1.54, 1.807) is 0 Å². The number of rotatable bonds is 5. The van der Waals surface area contributed by atoms with Crippen molar-refractivity contribution in [1.82, 2.24) is 14.7 Å². The predicted molar refractivity (Wildman–Crippen MR) is 86.3 cm³/mol. The normalized spacial score (nSPS) is 11.2. The van der Waals surface area contributed by atoms with E-state index in [4.69, 9.17) is 5.73 Å². The molecule has 0 bridgehead atoms. The summed E-state index contributed by atoms with van der Waals surface area (Å²) >= 11 is 3.66. The Bertz CT molecular complexity index is 592. The van der Waals surface area contributed by atoms with Gasteiger partial charge in [0.15, 0.2) is 0 Å². The first kappa shape index (κ1) is 15.1. The van der Waals surface area contributed by atoms with Crippen molar-refractivity contribution in [2.75, 3.05) is 12.8 Å². The molecule has 0 aliphatic heterocycles. The topological polar surface area (TPSA) is 47.1 Å². The van der Waals surface area contributed by atoms with Crippen molar-refractivity contribution in [3.63, 3.8) is 0 Å². The molecule has 0 aliphatic rings. The molecule has 0 saturated carbocycles. The first-order valence-electron chi connectivity index (χ1n) is 6.74. The predicted octanol–water partition coefficient (Wildman–Crippen LogP) is 2.96. The van der Waals surface area contributed by atoms with E-state index in [2.05, 4.69) is 46.0 Å². The number of aryl methyl sites for hydroxylation is 2. The molecule has 0 saturated heterocycles. The fourth-order valence-electron chi connectivity index (χ4n) is 2.31. The number of hydrogen-bond donors (Lipinski definition) is 1. The molecule has 0 fully saturated rings. The Kier molecular flexibility index (Phi) is 4.83. The number of nitrogens with zero attached hydrogens (tertiary/aromatic N) is 3. The molecule has 2 aromatic rings. The van der Waals surface area contributed by atoms with Crippen LogP contribution in [0.25, 0.3) is 0 Å². The number of halogens is 1. The van der Waals surface area contributed by atoms with Crippen LogP contribution in [0.5, 0.6) is 0 Å². The van der Waals surface area contributed by atoms with Crippen LogP contribution >= 0.6 is 15.9 Å². The van der Waals surface area contributed by atoms with Gasteiger partial charge >= 0.3 is 0 Å². The second-order valence-corrected chi connectivity index (χ2v) is 5.89. The summed E-state index contributed by atoms with van der Waals surface area (Å²) in [5, 5.41) is 4.53. The van der Waals surface area contributed by atoms with Crippen molar-refractivity contribution in [2.45, 2.75) is 26.4 Å². The van der Waals surface area contributed by atoms with Crippen LogP contribution in [0, 0.1) is 0 Å². The van der Waals surface area contributed by atoms with E-state index in [-0.39, 0.29) is 0 Å². The zero-order valence-electron chi connectivity index (χ0n) is 12.2. The first-order valence-corrected chi connectivity index (χ1v) is 7.53. The van der Waals surface area contributed by atoms with E-state index >= 15 is 0 Å². The fourth-order valence-corrected chi connectivity index (χ4v) is 3.05. The molecule has 0 unspecified atom stereocenters. The van der Waals surface area contributed by atoms with Gasteiger partial charge < -0.3 is 5.73 Å². The highest BCUT2D eigenvalue weighted by molar-refractivity contribution is 9.10. The Morgan fingerprint density at radius 3 is 2.70 bits per heavy atom. The van der Waals surface area contributed by atoms with Crippen LogP contribution in [0.15, 0.2) is 28.7 Å². The third kappa shape index (κ3) is 3.41. The average molecular weight is 337 g/mol. The molecule has 1 heterocycles. The first-order chi connectivity index (χ1) is 9.51. The van der Waals surface area contributed by atoms with Gasteiger partial charge in [0.2, 0.25) is 0 Å². The molecule has 0 spiro atoms. The van der Waals surface area contributed by atoms with Crippen molar-refractivity contribution in [3.05, 3.63) is 45.7 Å². The highest BCUT2D eigenvalue weighted by Crippen LogP contribution is 2.23. The van der Waals surface area contributed by atoms with Gasteiger partial charge in [0, 0.05) is 25.8 Å². The lowest BCUT2D eigenvalue weighted by atomic mass is 10.2. The van der Waals surface area contributed by atoms with Crippen LogP contribution in [-0.2, 0) is 26.6 Å². The molecule has 5 heteroatoms. The molecule has 2 rings (SSSR count). The minimum absolute atomic E-state index is 0.811. The fraction of sp³-hybridized carbons (Fsp3) is 0.400. The van der Waals surface area contributed by atoms with E-state index in [9.17, 15) is 0 Å². The Balaban J connectivity index is 2.08. The highest BCUT2D eigenvalue weighted by Gasteiger charge is 2.14. The third-order valence-corrected chi connectivity index (χ3v) is 4.24. The van der Waals surface area contributed by atoms with Gasteiger partial charge in [0.05, 0.1) is 15.9 Å². The van der Waals surface area contributed by atoms with Crippen molar-refractivity contribution in [2.24, 2.45) is 7.05 Å². The summed E-state index contributed by atoms with van der Waals surface area (Å²) in [6.45, 7) is 3.83. The zero-order valence-corrected chi connectivity index (χ0v) is 13.8. The number of hydrogen-bond acceptors (Lipinski definition) is 3. The Morgan fingerprint density at radius 1 is 1.35 bits per heavy atom. The molecule has 1 aromatic carbocycles. The molecule has 0 amide bonds. The average Bonchev–Trinajstić information content (AvgIpc) is 2.66. The van der Waals surface area contributed by atoms with Gasteiger partial charge in [-0.25, -0.2) is 0 Å². The molecule has 108 valence electrons. The highest BCUT2D eigenvalue weighted by atomic mass is 79.9. The van der Waals surface area contributed by atoms with Crippen LogP contribution in [0.1, 0.15) is 23.9 Å². The van der Waals surface area contributed by atoms with Crippen LogP contribution < -0.4 is 5.73 Å². The molecular formula is C15H21BrN4. The monoisotopic (exact) mass is 336 g/mol. The van der Waals surface area contributed by atoms with E-state index < -0.39 is 0 Å². The number of aromatic nitrogens is 2.